The van der Waals surface area contributed by atoms with Crippen LogP contribution in [0.25, 0.3) is 0 Å². The first-order chi connectivity index (χ1) is 16.2. The van der Waals surface area contributed by atoms with Gasteiger partial charge in [0.05, 0.1) is 11.5 Å². The number of carbonyl (C=O) groups is 2. The molecule has 0 aliphatic heterocycles. The van der Waals surface area contributed by atoms with Crippen molar-refractivity contribution in [3.8, 4) is 5.75 Å². The minimum Gasteiger partial charge on any atom is -0.494 e. The monoisotopic (exact) mass is 480 g/mol. The van der Waals surface area contributed by atoms with Crippen molar-refractivity contribution in [2.75, 3.05) is 11.9 Å². The fraction of sp³-hybridized carbons (Fsp3) is 0.231. The Balaban J connectivity index is 1.88. The van der Waals surface area contributed by atoms with E-state index < -0.39 is 22.0 Å². The Hall–Kier alpha value is -3.49. The number of sulfonamides is 1. The first-order valence-electron chi connectivity index (χ1n) is 10.9. The van der Waals surface area contributed by atoms with Crippen molar-refractivity contribution in [3.05, 3.63) is 89.5 Å². The van der Waals surface area contributed by atoms with Gasteiger partial charge in [-0.2, -0.15) is 4.72 Å². The Morgan fingerprint density at radius 3 is 2.35 bits per heavy atom. The van der Waals surface area contributed by atoms with Gasteiger partial charge in [-0.25, -0.2) is 8.42 Å². The molecule has 178 valence electrons. The lowest BCUT2D eigenvalue weighted by atomic mass is 10.1. The Morgan fingerprint density at radius 1 is 0.971 bits per heavy atom. The van der Waals surface area contributed by atoms with Crippen LogP contribution in [-0.2, 0) is 21.2 Å². The second-order valence-electron chi connectivity index (χ2n) is 7.85. The molecule has 0 fully saturated rings. The summed E-state index contributed by atoms with van der Waals surface area (Å²) in [5.41, 5.74) is 2.33. The molecule has 2 N–H and O–H groups in total. The summed E-state index contributed by atoms with van der Waals surface area (Å²) >= 11 is 0. The summed E-state index contributed by atoms with van der Waals surface area (Å²) in [5.74, 6) is -0.0651. The van der Waals surface area contributed by atoms with E-state index in [1.165, 1.54) is 19.1 Å². The molecular weight excluding hydrogens is 452 g/mol. The number of amides is 1. The highest BCUT2D eigenvalue weighted by Crippen LogP contribution is 2.22. The highest BCUT2D eigenvalue weighted by atomic mass is 32.2. The van der Waals surface area contributed by atoms with Crippen LogP contribution in [0.1, 0.15) is 35.3 Å². The van der Waals surface area contributed by atoms with Gasteiger partial charge in [0.15, 0.2) is 5.78 Å². The lowest BCUT2D eigenvalue weighted by Gasteiger charge is -2.19. The molecule has 34 heavy (non-hydrogen) atoms. The number of hydrogen-bond donors (Lipinski definition) is 2. The molecule has 8 heteroatoms. The van der Waals surface area contributed by atoms with Crippen molar-refractivity contribution in [1.82, 2.24) is 4.72 Å². The standard InChI is InChI=1S/C26H28N2O5S/c1-4-33-25-14-13-23(15-18(25)2)34(31,32)28-24(16-20-9-6-5-7-10-20)26(30)27-22-12-8-11-21(17-22)19(3)29/h5-15,17,24,28H,4,16H2,1-3H3,(H,27,30)/t24-/m0/s1. The number of ketones is 1. The number of hydrogen-bond acceptors (Lipinski definition) is 5. The van der Waals surface area contributed by atoms with Gasteiger partial charge in [0.25, 0.3) is 0 Å². The van der Waals surface area contributed by atoms with Gasteiger partial charge in [-0.3, -0.25) is 9.59 Å². The molecule has 0 saturated heterocycles. The van der Waals surface area contributed by atoms with E-state index in [2.05, 4.69) is 10.0 Å². The van der Waals surface area contributed by atoms with E-state index >= 15 is 0 Å². The second kappa shape index (κ2) is 11.1. The number of benzene rings is 3. The van der Waals surface area contributed by atoms with Gasteiger partial charge in [-0.15, -0.1) is 0 Å². The first kappa shape index (κ1) is 25.1. The largest absolute Gasteiger partial charge is 0.494 e. The normalized spacial score (nSPS) is 12.1. The first-order valence-corrected chi connectivity index (χ1v) is 12.4. The molecular formula is C26H28N2O5S. The molecule has 7 nitrogen and oxygen atoms in total. The molecule has 3 aromatic rings. The van der Waals surface area contributed by atoms with E-state index in [1.54, 1.807) is 37.3 Å². The number of nitrogens with one attached hydrogen (secondary N) is 2. The molecule has 3 rings (SSSR count). The second-order valence-corrected chi connectivity index (χ2v) is 9.56. The summed E-state index contributed by atoms with van der Waals surface area (Å²) in [6.07, 6.45) is 0.147. The molecule has 3 aromatic carbocycles. The van der Waals surface area contributed by atoms with E-state index in [-0.39, 0.29) is 17.1 Å². The van der Waals surface area contributed by atoms with Crippen LogP contribution in [0.15, 0.2) is 77.7 Å². The molecule has 0 radical (unpaired) electrons. The topological polar surface area (TPSA) is 102 Å². The van der Waals surface area contributed by atoms with Crippen LogP contribution in [0, 0.1) is 6.92 Å². The molecule has 0 saturated carbocycles. The number of rotatable bonds is 10. The SMILES string of the molecule is CCOc1ccc(S(=O)(=O)N[C@@H](Cc2ccccc2)C(=O)Nc2cccc(C(C)=O)c2)cc1C. The zero-order chi connectivity index (χ0) is 24.7. The van der Waals surface area contributed by atoms with Gasteiger partial charge in [0, 0.05) is 11.3 Å². The average molecular weight is 481 g/mol. The van der Waals surface area contributed by atoms with Gasteiger partial charge in [-0.05, 0) is 68.7 Å². The zero-order valence-electron chi connectivity index (χ0n) is 19.4. The zero-order valence-corrected chi connectivity index (χ0v) is 20.2. The Bertz CT molecular complexity index is 1270. The van der Waals surface area contributed by atoms with Crippen molar-refractivity contribution >= 4 is 27.4 Å². The number of aryl methyl sites for hydroxylation is 1. The van der Waals surface area contributed by atoms with Crippen molar-refractivity contribution in [1.29, 1.82) is 0 Å². The van der Waals surface area contributed by atoms with E-state index in [9.17, 15) is 18.0 Å². The van der Waals surface area contributed by atoms with E-state index in [4.69, 9.17) is 4.74 Å². The Labute approximate surface area is 200 Å². The van der Waals surface area contributed by atoms with Crippen LogP contribution in [0.3, 0.4) is 0 Å². The Morgan fingerprint density at radius 2 is 1.71 bits per heavy atom. The van der Waals surface area contributed by atoms with Crippen molar-refractivity contribution in [3.63, 3.8) is 0 Å². The molecule has 1 atom stereocenters. The fourth-order valence-corrected chi connectivity index (χ4v) is 4.72. The minimum atomic E-state index is -4.01. The third-order valence-electron chi connectivity index (χ3n) is 5.19. The highest BCUT2D eigenvalue weighted by Gasteiger charge is 2.27. The molecule has 0 unspecified atom stereocenters. The number of carbonyl (C=O) groups excluding carboxylic acids is 2. The number of anilines is 1. The minimum absolute atomic E-state index is 0.0397. The number of ether oxygens (including phenoxy) is 1. The summed E-state index contributed by atoms with van der Waals surface area (Å²) in [5, 5.41) is 2.73. The predicted molar refractivity (Wildman–Crippen MR) is 132 cm³/mol. The van der Waals surface area contributed by atoms with E-state index in [1.807, 2.05) is 37.3 Å². The van der Waals surface area contributed by atoms with Crippen molar-refractivity contribution < 1.29 is 22.7 Å². The molecule has 0 heterocycles. The van der Waals surface area contributed by atoms with E-state index in [0.29, 0.717) is 29.2 Å². The molecule has 0 bridgehead atoms. The summed E-state index contributed by atoms with van der Waals surface area (Å²) in [6, 6.07) is 19.1. The average Bonchev–Trinajstić information content (AvgIpc) is 2.80. The predicted octanol–water partition coefficient (Wildman–Crippen LogP) is 4.12. The summed E-state index contributed by atoms with van der Waals surface area (Å²) in [6.45, 7) is 5.52. The molecule has 0 aromatic heterocycles. The van der Waals surface area contributed by atoms with Crippen molar-refractivity contribution in [2.24, 2.45) is 0 Å². The maximum atomic E-state index is 13.2. The van der Waals surface area contributed by atoms with Gasteiger partial charge in [-0.1, -0.05) is 42.5 Å². The van der Waals surface area contributed by atoms with Crippen LogP contribution >= 0.6 is 0 Å². The van der Waals surface area contributed by atoms with E-state index in [0.717, 1.165) is 5.56 Å². The van der Waals surface area contributed by atoms with Crippen LogP contribution in [0.4, 0.5) is 5.69 Å². The lowest BCUT2D eigenvalue weighted by molar-refractivity contribution is -0.117. The van der Waals surface area contributed by atoms with Crippen LogP contribution in [-0.4, -0.2) is 32.8 Å². The van der Waals surface area contributed by atoms with Crippen LogP contribution < -0.4 is 14.8 Å². The molecule has 0 aliphatic rings. The van der Waals surface area contributed by atoms with Crippen LogP contribution in [0.5, 0.6) is 5.75 Å². The number of Topliss-reactive ketones (excluding diaryl/α,β-unsaturated/α-hetero) is 1. The third kappa shape index (κ3) is 6.52. The molecule has 0 aliphatic carbocycles. The summed E-state index contributed by atoms with van der Waals surface area (Å²) in [4.78, 5) is 24.9. The van der Waals surface area contributed by atoms with Gasteiger partial charge >= 0.3 is 0 Å². The quantitative estimate of drug-likeness (QED) is 0.425. The molecule has 0 spiro atoms. The maximum absolute atomic E-state index is 13.2. The van der Waals surface area contributed by atoms with Gasteiger partial charge < -0.3 is 10.1 Å². The smallest absolute Gasteiger partial charge is 0.242 e. The summed E-state index contributed by atoms with van der Waals surface area (Å²) < 4.78 is 34.4. The maximum Gasteiger partial charge on any atom is 0.242 e. The van der Waals surface area contributed by atoms with Gasteiger partial charge in [0.2, 0.25) is 15.9 Å². The van der Waals surface area contributed by atoms with Crippen LogP contribution in [0.2, 0.25) is 0 Å². The van der Waals surface area contributed by atoms with Gasteiger partial charge in [0.1, 0.15) is 11.8 Å². The molecule has 1 amide bonds. The Kier molecular flexibility index (Phi) is 8.20. The highest BCUT2D eigenvalue weighted by molar-refractivity contribution is 7.89. The lowest BCUT2D eigenvalue weighted by Crippen LogP contribution is -2.45. The third-order valence-corrected chi connectivity index (χ3v) is 6.66. The summed E-state index contributed by atoms with van der Waals surface area (Å²) in [7, 11) is -4.01. The fourth-order valence-electron chi connectivity index (χ4n) is 3.44. The van der Waals surface area contributed by atoms with Crippen molar-refractivity contribution in [2.45, 2.75) is 38.1 Å².